The lowest BCUT2D eigenvalue weighted by molar-refractivity contribution is 0.0696. The second-order valence-electron chi connectivity index (χ2n) is 3.89. The van der Waals surface area contributed by atoms with Gasteiger partial charge in [0.1, 0.15) is 4.90 Å². The van der Waals surface area contributed by atoms with Crippen molar-refractivity contribution < 1.29 is 18.3 Å². The Morgan fingerprint density at radius 1 is 1.33 bits per heavy atom. The van der Waals surface area contributed by atoms with Crippen LogP contribution in [0.1, 0.15) is 10.4 Å². The Bertz CT molecular complexity index is 811. The lowest BCUT2D eigenvalue weighted by atomic mass is 10.2. The van der Waals surface area contributed by atoms with E-state index in [0.717, 1.165) is 6.07 Å². The molecule has 0 radical (unpaired) electrons. The molecular formula is C12H8BrClN2O4S. The van der Waals surface area contributed by atoms with E-state index < -0.39 is 16.0 Å². The van der Waals surface area contributed by atoms with Crippen molar-refractivity contribution in [1.82, 2.24) is 4.98 Å². The van der Waals surface area contributed by atoms with E-state index in [1.807, 2.05) is 0 Å². The largest absolute Gasteiger partial charge is 0.478 e. The molecule has 110 valence electrons. The first kappa shape index (κ1) is 15.7. The van der Waals surface area contributed by atoms with Gasteiger partial charge in [-0.15, -0.1) is 0 Å². The van der Waals surface area contributed by atoms with E-state index in [1.54, 1.807) is 12.1 Å². The zero-order chi connectivity index (χ0) is 15.6. The van der Waals surface area contributed by atoms with Gasteiger partial charge in [0.05, 0.1) is 15.1 Å². The van der Waals surface area contributed by atoms with Crippen LogP contribution in [0.4, 0.5) is 5.82 Å². The maximum atomic E-state index is 12.3. The van der Waals surface area contributed by atoms with E-state index in [9.17, 15) is 13.2 Å². The topological polar surface area (TPSA) is 96.4 Å². The maximum absolute atomic E-state index is 12.3. The van der Waals surface area contributed by atoms with Gasteiger partial charge in [-0.05, 0) is 46.3 Å². The van der Waals surface area contributed by atoms with Crippen LogP contribution in [0.5, 0.6) is 0 Å². The Balaban J connectivity index is 2.47. The molecule has 0 amide bonds. The number of anilines is 1. The Hall–Kier alpha value is -1.64. The summed E-state index contributed by atoms with van der Waals surface area (Å²) in [7, 11) is -4.06. The molecule has 0 spiro atoms. The highest BCUT2D eigenvalue weighted by Gasteiger charge is 2.21. The average molecular weight is 392 g/mol. The number of rotatable bonds is 4. The lowest BCUT2D eigenvalue weighted by Gasteiger charge is -2.10. The second-order valence-corrected chi connectivity index (χ2v) is 6.80. The molecule has 2 rings (SSSR count). The number of aromatic nitrogens is 1. The van der Waals surface area contributed by atoms with Gasteiger partial charge < -0.3 is 5.11 Å². The highest BCUT2D eigenvalue weighted by Crippen LogP contribution is 2.27. The summed E-state index contributed by atoms with van der Waals surface area (Å²) in [6, 6.07) is 6.66. The third kappa shape index (κ3) is 3.52. The molecule has 0 unspecified atom stereocenters. The summed E-state index contributed by atoms with van der Waals surface area (Å²) in [4.78, 5) is 14.5. The monoisotopic (exact) mass is 390 g/mol. The van der Waals surface area contributed by atoms with Gasteiger partial charge in [0.15, 0.2) is 5.82 Å². The molecule has 1 aromatic heterocycles. The third-order valence-corrected chi connectivity index (χ3v) is 4.92. The van der Waals surface area contributed by atoms with Crippen molar-refractivity contribution in [1.29, 1.82) is 0 Å². The number of hydrogen-bond donors (Lipinski definition) is 2. The molecule has 1 heterocycles. The number of aromatic carboxylic acids is 1. The minimum Gasteiger partial charge on any atom is -0.478 e. The van der Waals surface area contributed by atoms with Crippen LogP contribution in [-0.4, -0.2) is 24.5 Å². The first-order chi connectivity index (χ1) is 9.81. The van der Waals surface area contributed by atoms with Crippen LogP contribution < -0.4 is 4.72 Å². The highest BCUT2D eigenvalue weighted by molar-refractivity contribution is 9.10. The molecule has 2 aromatic rings. The molecule has 0 atom stereocenters. The Kier molecular flexibility index (Phi) is 4.50. The average Bonchev–Trinajstić information content (AvgIpc) is 2.41. The number of sulfonamides is 1. The zero-order valence-electron chi connectivity index (χ0n) is 10.2. The SMILES string of the molecule is O=C(O)c1ccc(Cl)c(S(=O)(=O)Nc2ncccc2Br)c1. The lowest BCUT2D eigenvalue weighted by Crippen LogP contribution is -2.15. The van der Waals surface area contributed by atoms with Crippen LogP contribution >= 0.6 is 27.5 Å². The predicted octanol–water partition coefficient (Wildman–Crippen LogP) is 3.00. The van der Waals surface area contributed by atoms with Crippen molar-refractivity contribution in [3.05, 3.63) is 51.6 Å². The van der Waals surface area contributed by atoms with Gasteiger partial charge >= 0.3 is 5.97 Å². The summed E-state index contributed by atoms with van der Waals surface area (Å²) in [5.41, 5.74) is -0.181. The van der Waals surface area contributed by atoms with Gasteiger partial charge in [0.2, 0.25) is 0 Å². The van der Waals surface area contributed by atoms with Crippen molar-refractivity contribution in [3.63, 3.8) is 0 Å². The van der Waals surface area contributed by atoms with Gasteiger partial charge in [-0.25, -0.2) is 18.2 Å². The molecule has 0 bridgehead atoms. The fraction of sp³-hybridized carbons (Fsp3) is 0. The molecule has 0 saturated carbocycles. The first-order valence-corrected chi connectivity index (χ1v) is 8.13. The fourth-order valence-corrected chi connectivity index (χ4v) is 3.53. The minimum absolute atomic E-state index is 0.0781. The summed E-state index contributed by atoms with van der Waals surface area (Å²) in [5, 5.41) is 8.84. The van der Waals surface area contributed by atoms with Crippen LogP contribution in [-0.2, 0) is 10.0 Å². The number of hydrogen-bond acceptors (Lipinski definition) is 4. The number of carbonyl (C=O) groups is 1. The minimum atomic E-state index is -4.06. The Labute approximate surface area is 134 Å². The van der Waals surface area contributed by atoms with Gasteiger partial charge in [0.25, 0.3) is 10.0 Å². The molecule has 0 aliphatic heterocycles. The molecular weight excluding hydrogens is 384 g/mol. The van der Waals surface area contributed by atoms with E-state index in [4.69, 9.17) is 16.7 Å². The van der Waals surface area contributed by atoms with Crippen molar-refractivity contribution >= 4 is 49.3 Å². The quantitative estimate of drug-likeness (QED) is 0.835. The van der Waals surface area contributed by atoms with E-state index >= 15 is 0 Å². The number of pyridine rings is 1. The normalized spacial score (nSPS) is 11.1. The van der Waals surface area contributed by atoms with E-state index in [1.165, 1.54) is 18.3 Å². The predicted molar refractivity (Wildman–Crippen MR) is 81.2 cm³/mol. The summed E-state index contributed by atoms with van der Waals surface area (Å²) < 4.78 is 27.3. The maximum Gasteiger partial charge on any atom is 0.335 e. The van der Waals surface area contributed by atoms with Crippen molar-refractivity contribution in [2.75, 3.05) is 4.72 Å². The molecule has 21 heavy (non-hydrogen) atoms. The smallest absolute Gasteiger partial charge is 0.335 e. The van der Waals surface area contributed by atoms with Gasteiger partial charge in [0, 0.05) is 6.20 Å². The van der Waals surface area contributed by atoms with Crippen molar-refractivity contribution in [3.8, 4) is 0 Å². The number of nitrogens with zero attached hydrogens (tertiary/aromatic N) is 1. The third-order valence-electron chi connectivity index (χ3n) is 2.46. The summed E-state index contributed by atoms with van der Waals surface area (Å²) >= 11 is 9.01. The molecule has 0 aliphatic rings. The second kappa shape index (κ2) is 6.00. The molecule has 6 nitrogen and oxygen atoms in total. The van der Waals surface area contributed by atoms with Crippen molar-refractivity contribution in [2.24, 2.45) is 0 Å². The van der Waals surface area contributed by atoms with E-state index in [2.05, 4.69) is 25.6 Å². The number of carboxylic acid groups (broad SMARTS) is 1. The van der Waals surface area contributed by atoms with Crippen LogP contribution in [0.25, 0.3) is 0 Å². The summed E-state index contributed by atoms with van der Waals surface area (Å²) in [6.45, 7) is 0. The molecule has 9 heteroatoms. The molecule has 1 aromatic carbocycles. The van der Waals surface area contributed by atoms with Crippen LogP contribution in [0.15, 0.2) is 45.9 Å². The highest BCUT2D eigenvalue weighted by atomic mass is 79.9. The fourth-order valence-electron chi connectivity index (χ4n) is 1.49. The van der Waals surface area contributed by atoms with Crippen molar-refractivity contribution in [2.45, 2.75) is 4.90 Å². The van der Waals surface area contributed by atoms with Crippen LogP contribution in [0.3, 0.4) is 0 Å². The molecule has 0 saturated heterocycles. The molecule has 0 fully saturated rings. The number of nitrogens with one attached hydrogen (secondary N) is 1. The Morgan fingerprint density at radius 2 is 2.05 bits per heavy atom. The van der Waals surface area contributed by atoms with Gasteiger partial charge in [-0.2, -0.15) is 0 Å². The van der Waals surface area contributed by atoms with Crippen LogP contribution in [0, 0.1) is 0 Å². The summed E-state index contributed by atoms with van der Waals surface area (Å²) in [6.07, 6.45) is 1.41. The molecule has 0 aliphatic carbocycles. The first-order valence-electron chi connectivity index (χ1n) is 5.47. The standard InChI is InChI=1S/C12H8BrClN2O4S/c13-8-2-1-5-15-11(8)16-21(19,20)10-6-7(12(17)18)3-4-9(10)14/h1-6H,(H,15,16)(H,17,18). The van der Waals surface area contributed by atoms with Crippen LogP contribution in [0.2, 0.25) is 5.02 Å². The number of halogens is 2. The zero-order valence-corrected chi connectivity index (χ0v) is 13.4. The number of benzene rings is 1. The Morgan fingerprint density at radius 3 is 2.67 bits per heavy atom. The van der Waals surface area contributed by atoms with E-state index in [0.29, 0.717) is 4.47 Å². The van der Waals surface area contributed by atoms with Gasteiger partial charge in [-0.3, -0.25) is 4.72 Å². The molecule has 2 N–H and O–H groups in total. The number of carboxylic acids is 1. The van der Waals surface area contributed by atoms with Gasteiger partial charge in [-0.1, -0.05) is 11.6 Å². The summed E-state index contributed by atoms with van der Waals surface area (Å²) in [5.74, 6) is -1.17. The van der Waals surface area contributed by atoms with E-state index in [-0.39, 0.29) is 21.3 Å².